The highest BCUT2D eigenvalue weighted by Crippen LogP contribution is 2.46. The minimum Gasteiger partial charge on any atom is -0.370 e. The number of nitrogens with two attached hydrogens (primary N) is 2. The molecule has 1 aliphatic carbocycles. The Bertz CT molecular complexity index is 1200. The Morgan fingerprint density at radius 3 is 2.11 bits per heavy atom. The Hall–Kier alpha value is -3.54. The van der Waals surface area contributed by atoms with Crippen LogP contribution >= 0.6 is 0 Å². The van der Waals surface area contributed by atoms with Crippen LogP contribution in [0, 0.1) is 0 Å². The molecule has 0 aliphatic heterocycles. The summed E-state index contributed by atoms with van der Waals surface area (Å²) in [6.45, 7) is 10.8. The molecule has 6 nitrogen and oxygen atoms in total. The Kier molecular flexibility index (Phi) is 6.75. The standard InChI is InChI=1S/C29H37N5O/c1-28(2)13-14-29(3,4)24-16-22(11-12-23(24)28)19-34(26(35)25-6-5-15-32-25)18-21-9-7-20(8-10-21)17-33-27(30)31/h5-12,15-16,32H,13-14,17-19H2,1-4H3,(H4,30,31,33). The van der Waals surface area contributed by atoms with Crippen molar-refractivity contribution in [1.82, 2.24) is 9.88 Å². The molecule has 2 aromatic carbocycles. The largest absolute Gasteiger partial charge is 0.370 e. The topological polar surface area (TPSA) is 100 Å². The van der Waals surface area contributed by atoms with Crippen molar-refractivity contribution in [1.29, 1.82) is 0 Å². The first-order valence-electron chi connectivity index (χ1n) is 12.2. The van der Waals surface area contributed by atoms with Crippen molar-refractivity contribution in [3.05, 3.63) is 94.3 Å². The molecule has 0 saturated carbocycles. The van der Waals surface area contributed by atoms with Crippen LogP contribution in [0.2, 0.25) is 0 Å². The summed E-state index contributed by atoms with van der Waals surface area (Å²) in [6, 6.07) is 18.5. The number of guanidine groups is 1. The number of aliphatic imine (C=N–C) groups is 1. The first kappa shape index (κ1) is 24.6. The number of nitrogens with one attached hydrogen (secondary N) is 1. The lowest BCUT2D eigenvalue weighted by atomic mass is 9.63. The molecule has 0 atom stereocenters. The lowest BCUT2D eigenvalue weighted by Crippen LogP contribution is -2.34. The molecule has 6 heteroatoms. The van der Waals surface area contributed by atoms with E-state index in [9.17, 15) is 4.79 Å². The first-order valence-corrected chi connectivity index (χ1v) is 12.2. The van der Waals surface area contributed by atoms with Gasteiger partial charge in [-0.15, -0.1) is 0 Å². The molecular weight excluding hydrogens is 434 g/mol. The van der Waals surface area contributed by atoms with Crippen LogP contribution in [0.25, 0.3) is 0 Å². The summed E-state index contributed by atoms with van der Waals surface area (Å²) >= 11 is 0. The monoisotopic (exact) mass is 471 g/mol. The highest BCUT2D eigenvalue weighted by Gasteiger charge is 2.37. The number of carbonyl (C=O) groups is 1. The van der Waals surface area contributed by atoms with E-state index in [-0.39, 0.29) is 22.7 Å². The summed E-state index contributed by atoms with van der Waals surface area (Å²) in [5.74, 6) is 0.0605. The highest BCUT2D eigenvalue weighted by molar-refractivity contribution is 5.92. The maximum Gasteiger partial charge on any atom is 0.270 e. The van der Waals surface area contributed by atoms with E-state index in [1.807, 2.05) is 41.3 Å². The zero-order chi connectivity index (χ0) is 25.2. The van der Waals surface area contributed by atoms with Crippen LogP contribution in [-0.2, 0) is 30.5 Å². The van der Waals surface area contributed by atoms with Crippen LogP contribution in [0.4, 0.5) is 0 Å². The van der Waals surface area contributed by atoms with Gasteiger partial charge in [-0.25, -0.2) is 4.99 Å². The summed E-state index contributed by atoms with van der Waals surface area (Å²) in [5.41, 5.74) is 17.8. The molecule has 0 saturated heterocycles. The van der Waals surface area contributed by atoms with E-state index in [2.05, 4.69) is 55.9 Å². The number of hydrogen-bond acceptors (Lipinski definition) is 2. The number of carbonyl (C=O) groups excluding carboxylic acids is 1. The van der Waals surface area contributed by atoms with E-state index in [1.54, 1.807) is 6.20 Å². The van der Waals surface area contributed by atoms with E-state index >= 15 is 0 Å². The molecule has 0 spiro atoms. The van der Waals surface area contributed by atoms with Gasteiger partial charge >= 0.3 is 0 Å². The van der Waals surface area contributed by atoms with Crippen LogP contribution in [-0.4, -0.2) is 21.8 Å². The number of rotatable bonds is 7. The number of fused-ring (bicyclic) bond motifs is 1. The van der Waals surface area contributed by atoms with Crippen molar-refractivity contribution >= 4 is 11.9 Å². The van der Waals surface area contributed by atoms with E-state index < -0.39 is 0 Å². The van der Waals surface area contributed by atoms with E-state index in [1.165, 1.54) is 17.5 Å². The Balaban J connectivity index is 1.61. The molecule has 0 unspecified atom stereocenters. The van der Waals surface area contributed by atoms with Crippen molar-refractivity contribution in [2.75, 3.05) is 0 Å². The van der Waals surface area contributed by atoms with Crippen LogP contribution in [0.5, 0.6) is 0 Å². The van der Waals surface area contributed by atoms with Crippen molar-refractivity contribution in [3.63, 3.8) is 0 Å². The third-order valence-electron chi connectivity index (χ3n) is 7.25. The predicted octanol–water partition coefficient (Wildman–Crippen LogP) is 4.98. The summed E-state index contributed by atoms with van der Waals surface area (Å²) in [5, 5.41) is 0. The van der Waals surface area contributed by atoms with Gasteiger partial charge in [0.05, 0.1) is 6.54 Å². The molecule has 0 bridgehead atoms. The fraction of sp³-hybridized carbons (Fsp3) is 0.379. The van der Waals surface area contributed by atoms with Gasteiger partial charge in [-0.2, -0.15) is 0 Å². The average molecular weight is 472 g/mol. The van der Waals surface area contributed by atoms with Gasteiger partial charge in [0, 0.05) is 19.3 Å². The molecule has 1 amide bonds. The fourth-order valence-corrected chi connectivity index (χ4v) is 4.94. The number of hydrogen-bond donors (Lipinski definition) is 3. The number of benzene rings is 2. The third-order valence-corrected chi connectivity index (χ3v) is 7.25. The van der Waals surface area contributed by atoms with Crippen molar-refractivity contribution in [3.8, 4) is 0 Å². The van der Waals surface area contributed by atoms with Crippen LogP contribution in [0.1, 0.15) is 78.8 Å². The maximum absolute atomic E-state index is 13.4. The molecule has 5 N–H and O–H groups in total. The molecule has 184 valence electrons. The van der Waals surface area contributed by atoms with Crippen molar-refractivity contribution in [2.24, 2.45) is 16.5 Å². The zero-order valence-electron chi connectivity index (χ0n) is 21.3. The molecule has 0 radical (unpaired) electrons. The van der Waals surface area contributed by atoms with Gasteiger partial charge in [-0.1, -0.05) is 70.2 Å². The Morgan fingerprint density at radius 2 is 1.49 bits per heavy atom. The van der Waals surface area contributed by atoms with Gasteiger partial charge in [0.2, 0.25) is 0 Å². The highest BCUT2D eigenvalue weighted by atomic mass is 16.2. The average Bonchev–Trinajstić information content (AvgIpc) is 3.36. The number of amides is 1. The van der Waals surface area contributed by atoms with Gasteiger partial charge in [-0.05, 0) is 63.6 Å². The molecule has 3 aromatic rings. The second kappa shape index (κ2) is 9.61. The molecule has 1 aliphatic rings. The number of nitrogens with zero attached hydrogens (tertiary/aromatic N) is 2. The summed E-state index contributed by atoms with van der Waals surface area (Å²) in [4.78, 5) is 22.5. The Morgan fingerprint density at radius 1 is 0.886 bits per heavy atom. The molecule has 0 fully saturated rings. The molecule has 1 aromatic heterocycles. The first-order chi connectivity index (χ1) is 16.5. The quantitative estimate of drug-likeness (QED) is 0.335. The van der Waals surface area contributed by atoms with E-state index in [0.29, 0.717) is 25.3 Å². The normalized spacial score (nSPS) is 15.8. The summed E-state index contributed by atoms with van der Waals surface area (Å²) in [7, 11) is 0. The maximum atomic E-state index is 13.4. The molecule has 4 rings (SSSR count). The van der Waals surface area contributed by atoms with Gasteiger partial charge in [0.1, 0.15) is 5.69 Å². The van der Waals surface area contributed by atoms with Gasteiger partial charge in [0.25, 0.3) is 5.91 Å². The molecular formula is C29H37N5O. The van der Waals surface area contributed by atoms with Crippen LogP contribution in [0.15, 0.2) is 65.8 Å². The van der Waals surface area contributed by atoms with Crippen LogP contribution < -0.4 is 11.5 Å². The minimum atomic E-state index is -0.0168. The zero-order valence-corrected chi connectivity index (χ0v) is 21.3. The molecule has 35 heavy (non-hydrogen) atoms. The van der Waals surface area contributed by atoms with Crippen molar-refractivity contribution < 1.29 is 4.79 Å². The molecule has 1 heterocycles. The van der Waals surface area contributed by atoms with E-state index in [0.717, 1.165) is 23.1 Å². The minimum absolute atomic E-state index is 0.0168. The summed E-state index contributed by atoms with van der Waals surface area (Å²) < 4.78 is 0. The van der Waals surface area contributed by atoms with Crippen molar-refractivity contribution in [2.45, 2.75) is 71.0 Å². The second-order valence-electron chi connectivity index (χ2n) is 11.0. The second-order valence-corrected chi connectivity index (χ2v) is 11.0. The van der Waals surface area contributed by atoms with Gasteiger partial charge in [-0.3, -0.25) is 4.79 Å². The number of aromatic nitrogens is 1. The predicted molar refractivity (Wildman–Crippen MR) is 142 cm³/mol. The van der Waals surface area contributed by atoms with Gasteiger partial charge < -0.3 is 21.4 Å². The lowest BCUT2D eigenvalue weighted by Gasteiger charge is -2.42. The van der Waals surface area contributed by atoms with Gasteiger partial charge in [0.15, 0.2) is 5.96 Å². The lowest BCUT2D eigenvalue weighted by molar-refractivity contribution is 0.0724. The Labute approximate surface area is 208 Å². The summed E-state index contributed by atoms with van der Waals surface area (Å²) in [6.07, 6.45) is 4.13. The van der Waals surface area contributed by atoms with E-state index in [4.69, 9.17) is 11.5 Å². The smallest absolute Gasteiger partial charge is 0.270 e. The number of aromatic amines is 1. The number of H-pyrrole nitrogens is 1. The SMILES string of the molecule is CC1(C)CCC(C)(C)c2cc(CN(Cc3ccc(CN=C(N)N)cc3)C(=O)c3ccc[nH]3)ccc21. The fourth-order valence-electron chi connectivity index (χ4n) is 4.94. The third kappa shape index (κ3) is 5.59. The van der Waals surface area contributed by atoms with Crippen LogP contribution in [0.3, 0.4) is 0 Å².